The summed E-state index contributed by atoms with van der Waals surface area (Å²) in [4.78, 5) is 13.0. The van der Waals surface area contributed by atoms with Gasteiger partial charge in [-0.1, -0.05) is 0 Å². The lowest BCUT2D eigenvalue weighted by Crippen LogP contribution is -2.45. The fraction of sp³-hybridized carbons (Fsp3) is 0.875. The molecule has 0 aromatic rings. The summed E-state index contributed by atoms with van der Waals surface area (Å²) in [5, 5.41) is 2.63. The first-order valence-corrected chi connectivity index (χ1v) is 4.28. The number of likely N-dealkylation sites (N-methyl/N-ethyl adjacent to an activating group) is 2. The Morgan fingerprint density at radius 1 is 1.75 bits per heavy atom. The fourth-order valence-electron chi connectivity index (χ4n) is 1.54. The first-order valence-electron chi connectivity index (χ1n) is 4.28. The number of hydrogen-bond donors (Lipinski definition) is 1. The van der Waals surface area contributed by atoms with Gasteiger partial charge in [0, 0.05) is 13.1 Å². The number of alkyl halides is 1. The summed E-state index contributed by atoms with van der Waals surface area (Å²) >= 11 is 0. The molecule has 4 heteroatoms. The number of nitrogens with one attached hydrogen (secondary N) is 1. The van der Waals surface area contributed by atoms with E-state index in [9.17, 15) is 9.18 Å². The Morgan fingerprint density at radius 2 is 2.42 bits per heavy atom. The van der Waals surface area contributed by atoms with Gasteiger partial charge in [-0.2, -0.15) is 0 Å². The van der Waals surface area contributed by atoms with Crippen LogP contribution in [0.25, 0.3) is 0 Å². The zero-order valence-electron chi connectivity index (χ0n) is 7.51. The van der Waals surface area contributed by atoms with Crippen LogP contribution in [0.15, 0.2) is 0 Å². The molecule has 1 N–H and O–H groups in total. The summed E-state index contributed by atoms with van der Waals surface area (Å²) in [6, 6.07) is -0.565. The average molecular weight is 174 g/mol. The third-order valence-corrected chi connectivity index (χ3v) is 2.19. The quantitative estimate of drug-likeness (QED) is 0.647. The molecule has 1 rings (SSSR count). The van der Waals surface area contributed by atoms with Gasteiger partial charge >= 0.3 is 0 Å². The Hall–Kier alpha value is -0.640. The number of nitrogens with zero attached hydrogens (tertiary/aromatic N) is 1. The number of hydrogen-bond acceptors (Lipinski definition) is 2. The first kappa shape index (κ1) is 9.45. The van der Waals surface area contributed by atoms with Crippen LogP contribution >= 0.6 is 0 Å². The van der Waals surface area contributed by atoms with Crippen molar-refractivity contribution in [2.45, 2.75) is 25.6 Å². The van der Waals surface area contributed by atoms with Crippen LogP contribution in [0.2, 0.25) is 0 Å². The summed E-state index contributed by atoms with van der Waals surface area (Å²) in [7, 11) is 1.78. The highest BCUT2D eigenvalue weighted by Crippen LogP contribution is 2.18. The summed E-state index contributed by atoms with van der Waals surface area (Å²) in [5.74, 6) is -0.190. The van der Waals surface area contributed by atoms with E-state index in [0.29, 0.717) is 19.5 Å². The highest BCUT2D eigenvalue weighted by molar-refractivity contribution is 5.82. The number of halogens is 1. The summed E-state index contributed by atoms with van der Waals surface area (Å²) < 4.78 is 13.1. The minimum atomic E-state index is -0.999. The van der Waals surface area contributed by atoms with Crippen molar-refractivity contribution in [2.24, 2.45) is 0 Å². The molecule has 1 saturated heterocycles. The topological polar surface area (TPSA) is 32.3 Å². The standard InChI is InChI=1S/C8H15FN2O/c1-3-10-8(12)7-6(9)4-5-11(7)2/h6-7H,3-5H2,1-2H3,(H,10,12)/t6-,7+/m0/s1. The van der Waals surface area contributed by atoms with E-state index in [1.54, 1.807) is 11.9 Å². The van der Waals surface area contributed by atoms with Crippen LogP contribution in [0.1, 0.15) is 13.3 Å². The van der Waals surface area contributed by atoms with Gasteiger partial charge < -0.3 is 5.32 Å². The van der Waals surface area contributed by atoms with E-state index in [4.69, 9.17) is 0 Å². The van der Waals surface area contributed by atoms with E-state index in [-0.39, 0.29) is 5.91 Å². The van der Waals surface area contributed by atoms with E-state index < -0.39 is 12.2 Å². The third kappa shape index (κ3) is 1.75. The molecule has 1 fully saturated rings. The van der Waals surface area contributed by atoms with Gasteiger partial charge in [0.2, 0.25) is 5.91 Å². The zero-order valence-corrected chi connectivity index (χ0v) is 7.51. The monoisotopic (exact) mass is 174 g/mol. The Kier molecular flexibility index (Phi) is 3.03. The van der Waals surface area contributed by atoms with Gasteiger partial charge in [-0.25, -0.2) is 4.39 Å². The molecular formula is C8H15FN2O. The van der Waals surface area contributed by atoms with Crippen LogP contribution in [-0.4, -0.2) is 43.2 Å². The summed E-state index contributed by atoms with van der Waals surface area (Å²) in [6.07, 6.45) is -0.528. The second-order valence-corrected chi connectivity index (χ2v) is 3.12. The lowest BCUT2D eigenvalue weighted by atomic mass is 10.2. The van der Waals surface area contributed by atoms with E-state index >= 15 is 0 Å². The van der Waals surface area contributed by atoms with Crippen molar-refractivity contribution >= 4 is 5.91 Å². The van der Waals surface area contributed by atoms with Crippen molar-refractivity contribution in [3.63, 3.8) is 0 Å². The maximum absolute atomic E-state index is 13.1. The van der Waals surface area contributed by atoms with Gasteiger partial charge in [0.15, 0.2) is 0 Å². The van der Waals surface area contributed by atoms with Gasteiger partial charge in [0.25, 0.3) is 0 Å². The number of likely N-dealkylation sites (tertiary alicyclic amines) is 1. The Morgan fingerprint density at radius 3 is 2.83 bits per heavy atom. The molecule has 0 aromatic heterocycles. The number of carbonyl (C=O) groups excluding carboxylic acids is 1. The minimum Gasteiger partial charge on any atom is -0.355 e. The maximum atomic E-state index is 13.1. The predicted octanol–water partition coefficient (Wildman–Crippen LogP) is 0.165. The minimum absolute atomic E-state index is 0.190. The molecule has 1 heterocycles. The van der Waals surface area contributed by atoms with Crippen molar-refractivity contribution in [3.05, 3.63) is 0 Å². The summed E-state index contributed by atoms with van der Waals surface area (Å²) in [6.45, 7) is 3.07. The second kappa shape index (κ2) is 3.85. The van der Waals surface area contributed by atoms with Gasteiger partial charge in [-0.05, 0) is 20.4 Å². The SMILES string of the molecule is CCNC(=O)[C@H]1[C@@H](F)CCN1C. The average Bonchev–Trinajstić information content (AvgIpc) is 2.32. The number of carbonyl (C=O) groups is 1. The van der Waals surface area contributed by atoms with E-state index in [2.05, 4.69) is 5.32 Å². The Bertz CT molecular complexity index is 164. The second-order valence-electron chi connectivity index (χ2n) is 3.12. The molecule has 1 amide bonds. The molecule has 1 aliphatic rings. The number of rotatable bonds is 2. The highest BCUT2D eigenvalue weighted by atomic mass is 19.1. The largest absolute Gasteiger partial charge is 0.355 e. The molecule has 2 atom stereocenters. The van der Waals surface area contributed by atoms with Crippen molar-refractivity contribution in [1.29, 1.82) is 0 Å². The van der Waals surface area contributed by atoms with Gasteiger partial charge in [0.1, 0.15) is 12.2 Å². The van der Waals surface area contributed by atoms with Crippen LogP contribution in [0.3, 0.4) is 0 Å². The van der Waals surface area contributed by atoms with Crippen molar-refractivity contribution < 1.29 is 9.18 Å². The number of amides is 1. The molecule has 3 nitrogen and oxygen atoms in total. The molecule has 70 valence electrons. The molecule has 0 spiro atoms. The fourth-order valence-corrected chi connectivity index (χ4v) is 1.54. The van der Waals surface area contributed by atoms with Crippen molar-refractivity contribution in [1.82, 2.24) is 10.2 Å². The van der Waals surface area contributed by atoms with Crippen LogP contribution in [0.5, 0.6) is 0 Å². The van der Waals surface area contributed by atoms with Gasteiger partial charge in [-0.3, -0.25) is 9.69 Å². The van der Waals surface area contributed by atoms with Crippen molar-refractivity contribution in [3.8, 4) is 0 Å². The van der Waals surface area contributed by atoms with Crippen LogP contribution in [0.4, 0.5) is 4.39 Å². The molecule has 0 bridgehead atoms. The predicted molar refractivity (Wildman–Crippen MR) is 44.6 cm³/mol. The molecule has 12 heavy (non-hydrogen) atoms. The van der Waals surface area contributed by atoms with Crippen LogP contribution in [0, 0.1) is 0 Å². The normalized spacial score (nSPS) is 30.6. The van der Waals surface area contributed by atoms with Crippen LogP contribution < -0.4 is 5.32 Å². The molecule has 0 aromatic carbocycles. The molecule has 0 radical (unpaired) electrons. The van der Waals surface area contributed by atoms with Crippen LogP contribution in [-0.2, 0) is 4.79 Å². The van der Waals surface area contributed by atoms with E-state index in [1.165, 1.54) is 0 Å². The molecule has 1 aliphatic heterocycles. The Labute approximate surface area is 71.9 Å². The molecule has 0 saturated carbocycles. The lowest BCUT2D eigenvalue weighted by molar-refractivity contribution is -0.126. The molecular weight excluding hydrogens is 159 g/mol. The molecule has 0 unspecified atom stereocenters. The zero-order chi connectivity index (χ0) is 9.14. The molecule has 0 aliphatic carbocycles. The summed E-state index contributed by atoms with van der Waals surface area (Å²) in [5.41, 5.74) is 0. The van der Waals surface area contributed by atoms with E-state index in [0.717, 1.165) is 0 Å². The van der Waals surface area contributed by atoms with Gasteiger partial charge in [-0.15, -0.1) is 0 Å². The smallest absolute Gasteiger partial charge is 0.240 e. The van der Waals surface area contributed by atoms with Crippen molar-refractivity contribution in [2.75, 3.05) is 20.1 Å². The van der Waals surface area contributed by atoms with E-state index in [1.807, 2.05) is 6.92 Å². The Balaban J connectivity index is 2.53. The first-order chi connectivity index (χ1) is 5.66. The third-order valence-electron chi connectivity index (χ3n) is 2.19. The van der Waals surface area contributed by atoms with Gasteiger partial charge in [0.05, 0.1) is 0 Å². The highest BCUT2D eigenvalue weighted by Gasteiger charge is 2.36. The lowest BCUT2D eigenvalue weighted by Gasteiger charge is -2.19. The maximum Gasteiger partial charge on any atom is 0.240 e.